The second-order valence-electron chi connectivity index (χ2n) is 2.37. The van der Waals surface area contributed by atoms with E-state index < -0.39 is 0 Å². The van der Waals surface area contributed by atoms with E-state index in [0.29, 0.717) is 10.6 Å². The van der Waals surface area contributed by atoms with E-state index in [1.165, 1.54) is 6.07 Å². The Morgan fingerprint density at radius 1 is 1.55 bits per heavy atom. The van der Waals surface area contributed by atoms with Crippen molar-refractivity contribution in [3.63, 3.8) is 0 Å². The zero-order valence-corrected chi connectivity index (χ0v) is 6.95. The molecule has 0 aliphatic rings. The van der Waals surface area contributed by atoms with Gasteiger partial charge in [-0.05, 0) is 30.2 Å². The molecule has 0 spiro atoms. The summed E-state index contributed by atoms with van der Waals surface area (Å²) in [5.41, 5.74) is 1.36. The highest BCUT2D eigenvalue weighted by atomic mass is 35.5. The molecule has 0 fully saturated rings. The smallest absolute Gasteiger partial charge is 0.126 e. The molecule has 1 aromatic rings. The fraction of sp³-hybridized carbons (Fsp3) is 0.111. The summed E-state index contributed by atoms with van der Waals surface area (Å²) in [6, 6.07) is 4.67. The molecule has 0 amide bonds. The number of hydrogen-bond donors (Lipinski definition) is 0. The average molecular weight is 171 g/mol. The van der Waals surface area contributed by atoms with Crippen molar-refractivity contribution >= 4 is 16.6 Å². The van der Waals surface area contributed by atoms with Gasteiger partial charge in [-0.3, -0.25) is 0 Å². The quantitative estimate of drug-likeness (QED) is 0.607. The van der Waals surface area contributed by atoms with Crippen LogP contribution in [0.2, 0.25) is 0 Å². The lowest BCUT2D eigenvalue weighted by atomic mass is 10.1. The standard InChI is InChI=1S/C9H8ClF/c1-6-5-8(7(2)10)3-4-9(6)11/h3-5H,2H2,1H3. The van der Waals surface area contributed by atoms with E-state index in [4.69, 9.17) is 11.6 Å². The maximum atomic E-state index is 12.7. The Bertz CT molecular complexity index is 292. The van der Waals surface area contributed by atoms with Gasteiger partial charge in [-0.15, -0.1) is 0 Å². The van der Waals surface area contributed by atoms with Crippen LogP contribution in [-0.2, 0) is 0 Å². The minimum Gasteiger partial charge on any atom is -0.207 e. The van der Waals surface area contributed by atoms with E-state index in [2.05, 4.69) is 6.58 Å². The fourth-order valence-corrected chi connectivity index (χ4v) is 0.931. The normalized spacial score (nSPS) is 9.73. The van der Waals surface area contributed by atoms with Gasteiger partial charge in [0, 0.05) is 5.03 Å². The third-order valence-electron chi connectivity index (χ3n) is 1.47. The molecule has 1 rings (SSSR count). The first-order chi connectivity index (χ1) is 5.11. The summed E-state index contributed by atoms with van der Waals surface area (Å²) in [4.78, 5) is 0. The zero-order valence-electron chi connectivity index (χ0n) is 6.20. The summed E-state index contributed by atoms with van der Waals surface area (Å²) in [5, 5.41) is 0.438. The lowest BCUT2D eigenvalue weighted by Gasteiger charge is -1.99. The highest BCUT2D eigenvalue weighted by Gasteiger charge is 1.99. The van der Waals surface area contributed by atoms with Crippen LogP contribution in [0, 0.1) is 12.7 Å². The van der Waals surface area contributed by atoms with Gasteiger partial charge in [-0.25, -0.2) is 4.39 Å². The second-order valence-corrected chi connectivity index (χ2v) is 2.83. The first kappa shape index (κ1) is 8.28. The SMILES string of the molecule is C=C(Cl)c1ccc(F)c(C)c1. The molecular formula is C9H8ClF. The third-order valence-corrected chi connectivity index (χ3v) is 1.69. The third kappa shape index (κ3) is 1.81. The monoisotopic (exact) mass is 170 g/mol. The first-order valence-electron chi connectivity index (χ1n) is 3.22. The average Bonchev–Trinajstić information content (AvgIpc) is 1.94. The highest BCUT2D eigenvalue weighted by Crippen LogP contribution is 2.18. The Hall–Kier alpha value is -0.820. The number of benzene rings is 1. The number of rotatable bonds is 1. The number of hydrogen-bond acceptors (Lipinski definition) is 0. The summed E-state index contributed by atoms with van der Waals surface area (Å²) in [5.74, 6) is -0.216. The van der Waals surface area contributed by atoms with Crippen molar-refractivity contribution in [3.8, 4) is 0 Å². The van der Waals surface area contributed by atoms with Crippen molar-refractivity contribution in [3.05, 3.63) is 41.7 Å². The van der Waals surface area contributed by atoms with E-state index in [1.54, 1.807) is 19.1 Å². The van der Waals surface area contributed by atoms with Gasteiger partial charge >= 0.3 is 0 Å². The Morgan fingerprint density at radius 3 is 2.64 bits per heavy atom. The molecule has 0 atom stereocenters. The molecule has 0 radical (unpaired) electrons. The van der Waals surface area contributed by atoms with Crippen molar-refractivity contribution in [1.82, 2.24) is 0 Å². The van der Waals surface area contributed by atoms with Crippen LogP contribution in [0.25, 0.3) is 5.03 Å². The Labute approximate surface area is 70.3 Å². The molecule has 0 saturated heterocycles. The predicted octanol–water partition coefficient (Wildman–Crippen LogP) is 3.34. The van der Waals surface area contributed by atoms with E-state index >= 15 is 0 Å². The first-order valence-corrected chi connectivity index (χ1v) is 3.60. The minimum atomic E-state index is -0.216. The molecule has 0 N–H and O–H groups in total. The molecule has 0 aliphatic heterocycles. The Morgan fingerprint density at radius 2 is 2.18 bits per heavy atom. The fourth-order valence-electron chi connectivity index (χ4n) is 0.813. The van der Waals surface area contributed by atoms with Crippen molar-refractivity contribution in [2.45, 2.75) is 6.92 Å². The maximum absolute atomic E-state index is 12.7. The lowest BCUT2D eigenvalue weighted by Crippen LogP contribution is -1.83. The summed E-state index contributed by atoms with van der Waals surface area (Å²) >= 11 is 5.61. The van der Waals surface area contributed by atoms with E-state index in [9.17, 15) is 4.39 Å². The Balaban J connectivity index is 3.15. The van der Waals surface area contributed by atoms with Gasteiger partial charge in [0.25, 0.3) is 0 Å². The molecule has 0 nitrogen and oxygen atoms in total. The molecule has 0 unspecified atom stereocenters. The van der Waals surface area contributed by atoms with Crippen molar-refractivity contribution in [2.75, 3.05) is 0 Å². The number of halogens is 2. The lowest BCUT2D eigenvalue weighted by molar-refractivity contribution is 0.618. The van der Waals surface area contributed by atoms with Gasteiger partial charge in [0.1, 0.15) is 5.82 Å². The largest absolute Gasteiger partial charge is 0.207 e. The summed E-state index contributed by atoms with van der Waals surface area (Å²) < 4.78 is 12.7. The zero-order chi connectivity index (χ0) is 8.43. The van der Waals surface area contributed by atoms with Crippen molar-refractivity contribution in [1.29, 1.82) is 0 Å². The summed E-state index contributed by atoms with van der Waals surface area (Å²) in [7, 11) is 0. The van der Waals surface area contributed by atoms with Crippen molar-refractivity contribution in [2.24, 2.45) is 0 Å². The Kier molecular flexibility index (Phi) is 2.30. The van der Waals surface area contributed by atoms with Crippen LogP contribution >= 0.6 is 11.6 Å². The van der Waals surface area contributed by atoms with Crippen LogP contribution < -0.4 is 0 Å². The van der Waals surface area contributed by atoms with Crippen molar-refractivity contribution < 1.29 is 4.39 Å². The molecule has 0 aliphatic carbocycles. The molecule has 58 valence electrons. The van der Waals surface area contributed by atoms with E-state index in [0.717, 1.165) is 5.56 Å². The molecule has 0 bridgehead atoms. The van der Waals surface area contributed by atoms with Gasteiger partial charge < -0.3 is 0 Å². The van der Waals surface area contributed by atoms with Gasteiger partial charge in [-0.2, -0.15) is 0 Å². The van der Waals surface area contributed by atoms with E-state index in [1.807, 2.05) is 0 Å². The van der Waals surface area contributed by atoms with E-state index in [-0.39, 0.29) is 5.82 Å². The minimum absolute atomic E-state index is 0.216. The molecule has 2 heteroatoms. The van der Waals surface area contributed by atoms with Crippen LogP contribution in [0.15, 0.2) is 24.8 Å². The molecule has 1 aromatic carbocycles. The maximum Gasteiger partial charge on any atom is 0.126 e. The van der Waals surface area contributed by atoms with Crippen LogP contribution in [0.5, 0.6) is 0 Å². The van der Waals surface area contributed by atoms with Gasteiger partial charge in [0.15, 0.2) is 0 Å². The molecule has 0 saturated carbocycles. The summed E-state index contributed by atoms with van der Waals surface area (Å²) in [6.45, 7) is 5.23. The topological polar surface area (TPSA) is 0 Å². The van der Waals surface area contributed by atoms with Crippen LogP contribution in [0.4, 0.5) is 4.39 Å². The summed E-state index contributed by atoms with van der Waals surface area (Å²) in [6.07, 6.45) is 0. The molecule has 11 heavy (non-hydrogen) atoms. The van der Waals surface area contributed by atoms with Gasteiger partial charge in [0.2, 0.25) is 0 Å². The highest BCUT2D eigenvalue weighted by molar-refractivity contribution is 6.48. The molecular weight excluding hydrogens is 163 g/mol. The molecule has 0 heterocycles. The van der Waals surface area contributed by atoms with Gasteiger partial charge in [0.05, 0.1) is 0 Å². The van der Waals surface area contributed by atoms with Crippen LogP contribution in [-0.4, -0.2) is 0 Å². The number of aryl methyl sites for hydroxylation is 1. The predicted molar refractivity (Wildman–Crippen MR) is 46.0 cm³/mol. The van der Waals surface area contributed by atoms with Gasteiger partial charge in [-0.1, -0.05) is 24.2 Å². The molecule has 0 aromatic heterocycles. The van der Waals surface area contributed by atoms with Crippen LogP contribution in [0.1, 0.15) is 11.1 Å². The van der Waals surface area contributed by atoms with Crippen LogP contribution in [0.3, 0.4) is 0 Å². The second kappa shape index (κ2) is 3.05.